The van der Waals surface area contributed by atoms with Gasteiger partial charge in [0.15, 0.2) is 5.75 Å². The highest BCUT2D eigenvalue weighted by Gasteiger charge is 2.08. The van der Waals surface area contributed by atoms with Gasteiger partial charge in [-0.1, -0.05) is 34.1 Å². The number of aromatic nitrogens is 1. The smallest absolute Gasteiger partial charge is 0.153 e. The van der Waals surface area contributed by atoms with E-state index in [0.29, 0.717) is 0 Å². The average molecular weight is 343 g/mol. The minimum Gasteiger partial charge on any atom is -0.455 e. The van der Waals surface area contributed by atoms with Gasteiger partial charge >= 0.3 is 0 Å². The van der Waals surface area contributed by atoms with Crippen molar-refractivity contribution in [1.82, 2.24) is 10.3 Å². The minimum atomic E-state index is 0.743. The normalized spacial score (nSPS) is 10.8. The van der Waals surface area contributed by atoms with Crippen molar-refractivity contribution in [1.29, 1.82) is 0 Å². The molecule has 1 aromatic heterocycles. The van der Waals surface area contributed by atoms with Crippen LogP contribution in [0.5, 0.6) is 11.5 Å². The molecule has 2 aromatic carbocycles. The van der Waals surface area contributed by atoms with E-state index >= 15 is 0 Å². The van der Waals surface area contributed by atoms with Gasteiger partial charge in [0.25, 0.3) is 0 Å². The van der Waals surface area contributed by atoms with Gasteiger partial charge in [0.05, 0.1) is 0 Å². The van der Waals surface area contributed by atoms with Crippen molar-refractivity contribution in [2.24, 2.45) is 0 Å². The Morgan fingerprint density at radius 2 is 1.95 bits per heavy atom. The van der Waals surface area contributed by atoms with Crippen LogP contribution in [-0.2, 0) is 6.54 Å². The molecule has 0 spiro atoms. The lowest BCUT2D eigenvalue weighted by atomic mass is 10.2. The molecular weight excluding hydrogens is 328 g/mol. The number of benzene rings is 2. The molecule has 0 fully saturated rings. The van der Waals surface area contributed by atoms with Gasteiger partial charge in [-0.05, 0) is 37.4 Å². The van der Waals surface area contributed by atoms with Crippen LogP contribution in [0.3, 0.4) is 0 Å². The van der Waals surface area contributed by atoms with Gasteiger partial charge in [0.1, 0.15) is 11.3 Å². The first kappa shape index (κ1) is 14.0. The van der Waals surface area contributed by atoms with E-state index in [1.54, 1.807) is 6.20 Å². The van der Waals surface area contributed by atoms with Crippen molar-refractivity contribution < 1.29 is 4.74 Å². The Hall–Kier alpha value is -1.91. The molecule has 0 atom stereocenters. The largest absolute Gasteiger partial charge is 0.455 e. The molecule has 4 heteroatoms. The fourth-order valence-corrected chi connectivity index (χ4v) is 2.66. The number of hydrogen-bond acceptors (Lipinski definition) is 3. The third-order valence-electron chi connectivity index (χ3n) is 3.21. The van der Waals surface area contributed by atoms with Crippen molar-refractivity contribution in [3.8, 4) is 11.5 Å². The van der Waals surface area contributed by atoms with Crippen molar-refractivity contribution >= 4 is 26.8 Å². The van der Waals surface area contributed by atoms with Gasteiger partial charge in [-0.2, -0.15) is 0 Å². The maximum atomic E-state index is 6.11. The van der Waals surface area contributed by atoms with Crippen molar-refractivity contribution in [3.05, 3.63) is 64.8 Å². The third kappa shape index (κ3) is 3.06. The second-order valence-corrected chi connectivity index (χ2v) is 5.63. The molecule has 3 aromatic rings. The van der Waals surface area contributed by atoms with Gasteiger partial charge in [-0.25, -0.2) is 0 Å². The first-order valence-electron chi connectivity index (χ1n) is 6.72. The lowest BCUT2D eigenvalue weighted by Gasteiger charge is -2.12. The number of para-hydroxylation sites is 1. The Morgan fingerprint density at radius 3 is 2.81 bits per heavy atom. The van der Waals surface area contributed by atoms with E-state index in [-0.39, 0.29) is 0 Å². The van der Waals surface area contributed by atoms with Crippen LogP contribution >= 0.6 is 15.9 Å². The highest BCUT2D eigenvalue weighted by Crippen LogP contribution is 2.31. The molecule has 0 radical (unpaired) electrons. The number of ether oxygens (including phenoxy) is 1. The molecule has 0 saturated heterocycles. The lowest BCUT2D eigenvalue weighted by Crippen LogP contribution is -2.06. The van der Waals surface area contributed by atoms with E-state index in [2.05, 4.69) is 32.3 Å². The molecule has 3 nitrogen and oxygen atoms in total. The maximum Gasteiger partial charge on any atom is 0.153 e. The predicted molar refractivity (Wildman–Crippen MR) is 88.7 cm³/mol. The molecular formula is C17H15BrN2O. The van der Waals surface area contributed by atoms with Crippen LogP contribution in [0.2, 0.25) is 0 Å². The molecule has 0 amide bonds. The molecule has 0 saturated carbocycles. The summed E-state index contributed by atoms with van der Waals surface area (Å²) in [6.07, 6.45) is 1.78. The summed E-state index contributed by atoms with van der Waals surface area (Å²) < 4.78 is 7.15. The summed E-state index contributed by atoms with van der Waals surface area (Å²) in [7, 11) is 1.92. The van der Waals surface area contributed by atoms with Crippen LogP contribution in [0.4, 0.5) is 0 Å². The number of pyridine rings is 1. The van der Waals surface area contributed by atoms with E-state index in [1.165, 1.54) is 0 Å². The van der Waals surface area contributed by atoms with E-state index in [1.807, 2.05) is 49.5 Å². The fourth-order valence-electron chi connectivity index (χ4n) is 2.25. The number of nitrogens with one attached hydrogen (secondary N) is 1. The van der Waals surface area contributed by atoms with Gasteiger partial charge < -0.3 is 10.1 Å². The monoisotopic (exact) mass is 342 g/mol. The van der Waals surface area contributed by atoms with Gasteiger partial charge in [-0.3, -0.25) is 4.98 Å². The molecule has 1 heterocycles. The summed E-state index contributed by atoms with van der Waals surface area (Å²) in [6, 6.07) is 15.9. The topological polar surface area (TPSA) is 34.1 Å². The second-order valence-electron chi connectivity index (χ2n) is 4.72. The molecule has 0 bridgehead atoms. The van der Waals surface area contributed by atoms with E-state index < -0.39 is 0 Å². The molecule has 0 aliphatic carbocycles. The highest BCUT2D eigenvalue weighted by molar-refractivity contribution is 9.10. The number of nitrogens with zero attached hydrogens (tertiary/aromatic N) is 1. The van der Waals surface area contributed by atoms with Crippen LogP contribution < -0.4 is 10.1 Å². The molecule has 0 unspecified atom stereocenters. The number of halogens is 1. The Balaban J connectivity index is 2.02. The van der Waals surface area contributed by atoms with Crippen LogP contribution in [0.1, 0.15) is 5.56 Å². The number of hydrogen-bond donors (Lipinski definition) is 1. The van der Waals surface area contributed by atoms with Crippen LogP contribution in [0, 0.1) is 0 Å². The number of fused-ring (bicyclic) bond motifs is 1. The van der Waals surface area contributed by atoms with Crippen molar-refractivity contribution in [2.45, 2.75) is 6.54 Å². The standard InChI is InChI=1S/C17H15BrN2O/c1-19-11-13-10-14(18)7-8-15(13)21-16-6-2-4-12-5-3-9-20-17(12)16/h2-10,19H,11H2,1H3. The molecule has 0 aliphatic heterocycles. The quantitative estimate of drug-likeness (QED) is 0.757. The maximum absolute atomic E-state index is 6.11. The zero-order chi connectivity index (χ0) is 14.7. The fraction of sp³-hybridized carbons (Fsp3) is 0.118. The van der Waals surface area contributed by atoms with E-state index in [0.717, 1.165) is 39.0 Å². The molecule has 1 N–H and O–H groups in total. The van der Waals surface area contributed by atoms with Gasteiger partial charge in [-0.15, -0.1) is 0 Å². The lowest BCUT2D eigenvalue weighted by molar-refractivity contribution is 0.478. The van der Waals surface area contributed by atoms with E-state index in [4.69, 9.17) is 4.74 Å². The summed E-state index contributed by atoms with van der Waals surface area (Å²) in [5, 5.41) is 4.23. The van der Waals surface area contributed by atoms with Crippen LogP contribution in [-0.4, -0.2) is 12.0 Å². The zero-order valence-corrected chi connectivity index (χ0v) is 13.2. The Bertz CT molecular complexity index is 768. The predicted octanol–water partition coefficient (Wildman–Crippen LogP) is 4.51. The molecule has 3 rings (SSSR count). The van der Waals surface area contributed by atoms with E-state index in [9.17, 15) is 0 Å². The van der Waals surface area contributed by atoms with Crippen molar-refractivity contribution in [2.75, 3.05) is 7.05 Å². The highest BCUT2D eigenvalue weighted by atomic mass is 79.9. The third-order valence-corrected chi connectivity index (χ3v) is 3.70. The van der Waals surface area contributed by atoms with Crippen molar-refractivity contribution in [3.63, 3.8) is 0 Å². The average Bonchev–Trinajstić information content (AvgIpc) is 2.50. The first-order chi connectivity index (χ1) is 10.3. The summed E-state index contributed by atoms with van der Waals surface area (Å²) >= 11 is 3.50. The Kier molecular flexibility index (Phi) is 4.18. The summed E-state index contributed by atoms with van der Waals surface area (Å²) in [5.74, 6) is 1.61. The molecule has 21 heavy (non-hydrogen) atoms. The zero-order valence-electron chi connectivity index (χ0n) is 11.6. The second kappa shape index (κ2) is 6.24. The summed E-state index contributed by atoms with van der Waals surface area (Å²) in [4.78, 5) is 4.42. The van der Waals surface area contributed by atoms with Crippen LogP contribution in [0.25, 0.3) is 10.9 Å². The Morgan fingerprint density at radius 1 is 1.10 bits per heavy atom. The molecule has 0 aliphatic rings. The number of rotatable bonds is 4. The van der Waals surface area contributed by atoms with Crippen LogP contribution in [0.15, 0.2) is 59.2 Å². The summed E-state index contributed by atoms with van der Waals surface area (Å²) in [6.45, 7) is 0.743. The SMILES string of the molecule is CNCc1cc(Br)ccc1Oc1cccc2cccnc12. The Labute approximate surface area is 132 Å². The van der Waals surface area contributed by atoms with Gasteiger partial charge in [0, 0.05) is 28.2 Å². The van der Waals surface area contributed by atoms with Gasteiger partial charge in [0.2, 0.25) is 0 Å². The summed E-state index contributed by atoms with van der Waals surface area (Å²) in [5.41, 5.74) is 1.97. The molecule has 106 valence electrons. The first-order valence-corrected chi connectivity index (χ1v) is 7.52. The minimum absolute atomic E-state index is 0.743.